The molecule has 1 heterocycles. The van der Waals surface area contributed by atoms with Crippen LogP contribution in [-0.4, -0.2) is 38.9 Å². The highest BCUT2D eigenvalue weighted by Gasteiger charge is 2.32. The molecule has 0 radical (unpaired) electrons. The van der Waals surface area contributed by atoms with E-state index in [1.807, 2.05) is 0 Å². The van der Waals surface area contributed by atoms with Crippen molar-refractivity contribution >= 4 is 21.6 Å². The average molecular weight is 279 g/mol. The number of benzene rings is 1. The molecule has 94 valence electrons. The van der Waals surface area contributed by atoms with Crippen LogP contribution in [0, 0.1) is 5.82 Å². The van der Waals surface area contributed by atoms with Gasteiger partial charge in [-0.3, -0.25) is 0 Å². The molecule has 0 aliphatic carbocycles. The minimum Gasteiger partial charge on any atom is -0.313 e. The van der Waals surface area contributed by atoms with Gasteiger partial charge in [0.1, 0.15) is 10.7 Å². The Hall–Kier alpha value is -0.690. The Labute approximate surface area is 104 Å². The SMILES string of the molecule is CN(C1CNC1)S(=O)(=O)c1ccc(F)cc1Cl. The van der Waals surface area contributed by atoms with Crippen LogP contribution < -0.4 is 5.32 Å². The van der Waals surface area contributed by atoms with Gasteiger partial charge in [0.15, 0.2) is 0 Å². The van der Waals surface area contributed by atoms with E-state index in [-0.39, 0.29) is 16.0 Å². The Kier molecular flexibility index (Phi) is 3.40. The van der Waals surface area contributed by atoms with Crippen LogP contribution >= 0.6 is 11.6 Å². The fourth-order valence-electron chi connectivity index (χ4n) is 1.57. The quantitative estimate of drug-likeness (QED) is 0.900. The number of likely N-dealkylation sites (N-methyl/N-ethyl adjacent to an activating group) is 1. The van der Waals surface area contributed by atoms with Crippen molar-refractivity contribution < 1.29 is 12.8 Å². The fraction of sp³-hybridized carbons (Fsp3) is 0.400. The van der Waals surface area contributed by atoms with Gasteiger partial charge in [-0.05, 0) is 18.2 Å². The van der Waals surface area contributed by atoms with Gasteiger partial charge >= 0.3 is 0 Å². The van der Waals surface area contributed by atoms with Gasteiger partial charge in [0, 0.05) is 26.2 Å². The second-order valence-electron chi connectivity index (χ2n) is 3.91. The molecule has 4 nitrogen and oxygen atoms in total. The standard InChI is InChI=1S/C10H12ClFN2O2S/c1-14(8-5-13-6-8)17(15,16)10-3-2-7(12)4-9(10)11/h2-4,8,13H,5-6H2,1H3. The molecule has 1 aromatic rings. The van der Waals surface area contributed by atoms with E-state index >= 15 is 0 Å². The molecule has 17 heavy (non-hydrogen) atoms. The largest absolute Gasteiger partial charge is 0.313 e. The van der Waals surface area contributed by atoms with E-state index in [2.05, 4.69) is 5.32 Å². The molecule has 0 amide bonds. The van der Waals surface area contributed by atoms with Crippen molar-refractivity contribution in [2.24, 2.45) is 0 Å². The summed E-state index contributed by atoms with van der Waals surface area (Å²) < 4.78 is 38.5. The molecule has 0 saturated carbocycles. The van der Waals surface area contributed by atoms with E-state index in [0.717, 1.165) is 12.1 Å². The van der Waals surface area contributed by atoms with Crippen molar-refractivity contribution in [1.29, 1.82) is 0 Å². The van der Waals surface area contributed by atoms with Gasteiger partial charge in [0.05, 0.1) is 5.02 Å². The predicted octanol–water partition coefficient (Wildman–Crippen LogP) is 1.07. The molecule has 1 fully saturated rings. The molecule has 0 bridgehead atoms. The van der Waals surface area contributed by atoms with Crippen LogP contribution in [0.4, 0.5) is 4.39 Å². The number of hydrogen-bond acceptors (Lipinski definition) is 3. The highest BCUT2D eigenvalue weighted by atomic mass is 35.5. The van der Waals surface area contributed by atoms with Gasteiger partial charge in [-0.15, -0.1) is 0 Å². The van der Waals surface area contributed by atoms with Crippen LogP contribution in [0.2, 0.25) is 5.02 Å². The lowest BCUT2D eigenvalue weighted by Crippen LogP contribution is -2.57. The van der Waals surface area contributed by atoms with Crippen molar-refractivity contribution in [1.82, 2.24) is 9.62 Å². The molecule has 1 N–H and O–H groups in total. The third kappa shape index (κ3) is 2.30. The Bertz CT molecular complexity index is 531. The molecular formula is C10H12ClFN2O2S. The summed E-state index contributed by atoms with van der Waals surface area (Å²) in [5, 5.41) is 2.90. The lowest BCUT2D eigenvalue weighted by molar-refractivity contribution is 0.274. The maximum Gasteiger partial charge on any atom is 0.244 e. The maximum atomic E-state index is 12.9. The molecular weight excluding hydrogens is 267 g/mol. The minimum absolute atomic E-state index is 0.0602. The van der Waals surface area contributed by atoms with Gasteiger partial charge in [-0.25, -0.2) is 12.8 Å². The fourth-order valence-corrected chi connectivity index (χ4v) is 3.42. The number of sulfonamides is 1. The Balaban J connectivity index is 2.36. The first-order chi connectivity index (χ1) is 7.93. The maximum absolute atomic E-state index is 12.9. The molecule has 7 heteroatoms. The molecule has 0 spiro atoms. The first-order valence-corrected chi connectivity index (χ1v) is 6.88. The molecule has 1 aliphatic rings. The first-order valence-electron chi connectivity index (χ1n) is 5.07. The summed E-state index contributed by atoms with van der Waals surface area (Å²) in [6, 6.07) is 3.21. The van der Waals surface area contributed by atoms with Crippen LogP contribution in [0.3, 0.4) is 0 Å². The third-order valence-electron chi connectivity index (χ3n) is 2.83. The van der Waals surface area contributed by atoms with E-state index in [4.69, 9.17) is 11.6 Å². The number of rotatable bonds is 3. The average Bonchev–Trinajstić information content (AvgIpc) is 2.13. The second kappa shape index (κ2) is 4.53. The first kappa shape index (κ1) is 12.8. The second-order valence-corrected chi connectivity index (χ2v) is 6.28. The molecule has 1 aliphatic heterocycles. The topological polar surface area (TPSA) is 49.4 Å². The van der Waals surface area contributed by atoms with E-state index in [9.17, 15) is 12.8 Å². The zero-order valence-corrected chi connectivity index (χ0v) is 10.7. The van der Waals surface area contributed by atoms with Gasteiger partial charge in [-0.1, -0.05) is 11.6 Å². The van der Waals surface area contributed by atoms with Gasteiger partial charge in [0.2, 0.25) is 10.0 Å². The van der Waals surface area contributed by atoms with Gasteiger partial charge in [-0.2, -0.15) is 4.31 Å². The minimum atomic E-state index is -3.65. The normalized spacial score (nSPS) is 17.2. The molecule has 1 saturated heterocycles. The Morgan fingerprint density at radius 1 is 1.47 bits per heavy atom. The van der Waals surface area contributed by atoms with Crippen LogP contribution in [0.15, 0.2) is 23.1 Å². The van der Waals surface area contributed by atoms with Gasteiger partial charge < -0.3 is 5.32 Å². The van der Waals surface area contributed by atoms with Crippen molar-refractivity contribution in [3.05, 3.63) is 29.0 Å². The van der Waals surface area contributed by atoms with Gasteiger partial charge in [0.25, 0.3) is 0 Å². The number of hydrogen-bond donors (Lipinski definition) is 1. The zero-order valence-electron chi connectivity index (χ0n) is 9.15. The van der Waals surface area contributed by atoms with Crippen LogP contribution in [0.25, 0.3) is 0 Å². The summed E-state index contributed by atoms with van der Waals surface area (Å²) in [6.45, 7) is 1.24. The number of nitrogens with one attached hydrogen (secondary N) is 1. The van der Waals surface area contributed by atoms with Crippen LogP contribution in [0.1, 0.15) is 0 Å². The van der Waals surface area contributed by atoms with E-state index in [0.29, 0.717) is 13.1 Å². The summed E-state index contributed by atoms with van der Waals surface area (Å²) in [4.78, 5) is -0.0602. The smallest absolute Gasteiger partial charge is 0.244 e. The Morgan fingerprint density at radius 2 is 2.12 bits per heavy atom. The monoisotopic (exact) mass is 278 g/mol. The lowest BCUT2D eigenvalue weighted by atomic mass is 10.2. The molecule has 1 aromatic carbocycles. The summed E-state index contributed by atoms with van der Waals surface area (Å²) in [7, 11) is -2.15. The molecule has 0 atom stereocenters. The molecule has 0 unspecified atom stereocenters. The van der Waals surface area contributed by atoms with E-state index < -0.39 is 15.8 Å². The highest BCUT2D eigenvalue weighted by molar-refractivity contribution is 7.89. The van der Waals surface area contributed by atoms with E-state index in [1.54, 1.807) is 0 Å². The number of nitrogens with zero attached hydrogens (tertiary/aromatic N) is 1. The summed E-state index contributed by atoms with van der Waals surface area (Å²) in [5.74, 6) is -0.554. The summed E-state index contributed by atoms with van der Waals surface area (Å²) >= 11 is 5.76. The lowest BCUT2D eigenvalue weighted by Gasteiger charge is -2.34. The summed E-state index contributed by atoms with van der Waals surface area (Å²) in [5.41, 5.74) is 0. The molecule has 0 aromatic heterocycles. The van der Waals surface area contributed by atoms with Crippen molar-refractivity contribution in [2.45, 2.75) is 10.9 Å². The van der Waals surface area contributed by atoms with E-state index in [1.165, 1.54) is 17.4 Å². The molecule has 2 rings (SSSR count). The van der Waals surface area contributed by atoms with Crippen molar-refractivity contribution in [3.63, 3.8) is 0 Å². The zero-order chi connectivity index (χ0) is 12.6. The third-order valence-corrected chi connectivity index (χ3v) is 5.22. The number of halogens is 2. The van der Waals surface area contributed by atoms with Crippen molar-refractivity contribution in [3.8, 4) is 0 Å². The summed E-state index contributed by atoms with van der Waals surface area (Å²) in [6.07, 6.45) is 0. The van der Waals surface area contributed by atoms with Crippen molar-refractivity contribution in [2.75, 3.05) is 20.1 Å². The highest BCUT2D eigenvalue weighted by Crippen LogP contribution is 2.26. The predicted molar refractivity (Wildman–Crippen MR) is 63.0 cm³/mol. The van der Waals surface area contributed by atoms with Crippen LogP contribution in [-0.2, 0) is 10.0 Å². The Morgan fingerprint density at radius 3 is 2.59 bits per heavy atom. The van der Waals surface area contributed by atoms with Crippen LogP contribution in [0.5, 0.6) is 0 Å².